The van der Waals surface area contributed by atoms with Gasteiger partial charge in [0.05, 0.1) is 20.9 Å². The van der Waals surface area contributed by atoms with E-state index in [2.05, 4.69) is 44.0 Å². The molecule has 1 aliphatic carbocycles. The third kappa shape index (κ3) is 4.03. The molecule has 4 rings (SSSR count). The summed E-state index contributed by atoms with van der Waals surface area (Å²) in [5.74, 6) is 3.11. The van der Waals surface area contributed by atoms with Crippen molar-refractivity contribution in [2.75, 3.05) is 33.2 Å². The van der Waals surface area contributed by atoms with Gasteiger partial charge in [0.25, 0.3) is 0 Å². The summed E-state index contributed by atoms with van der Waals surface area (Å²) in [5, 5.41) is 0. The van der Waals surface area contributed by atoms with E-state index < -0.39 is 0 Å². The van der Waals surface area contributed by atoms with Crippen LogP contribution < -0.4 is 4.74 Å². The molecule has 0 aromatic heterocycles. The van der Waals surface area contributed by atoms with Gasteiger partial charge in [0, 0.05) is 13.0 Å². The maximum absolute atomic E-state index is 12.5. The van der Waals surface area contributed by atoms with Gasteiger partial charge in [-0.15, -0.1) is 0 Å². The van der Waals surface area contributed by atoms with E-state index in [1.165, 1.54) is 18.4 Å². The Kier molecular flexibility index (Phi) is 5.24. The molecule has 0 bridgehead atoms. The second-order valence-electron chi connectivity index (χ2n) is 9.00. The van der Waals surface area contributed by atoms with E-state index in [-0.39, 0.29) is 6.10 Å². The summed E-state index contributed by atoms with van der Waals surface area (Å²) in [4.78, 5) is 16.8. The summed E-state index contributed by atoms with van der Waals surface area (Å²) >= 11 is 0. The Bertz CT molecular complexity index is 696. The largest absolute Gasteiger partial charge is 0.486 e. The van der Waals surface area contributed by atoms with Gasteiger partial charge in [0.1, 0.15) is 11.9 Å². The smallest absolute Gasteiger partial charge is 0.223 e. The molecule has 1 amide bonds. The Balaban J connectivity index is 1.25. The van der Waals surface area contributed by atoms with Gasteiger partial charge in [-0.2, -0.15) is 0 Å². The fraction of sp³-hybridized carbons (Fsp3) is 0.682. The highest BCUT2D eigenvalue weighted by molar-refractivity contribution is 6.15. The van der Waals surface area contributed by atoms with Gasteiger partial charge >= 0.3 is 0 Å². The molecular weight excluding hydrogens is 335 g/mol. The average molecular weight is 366 g/mol. The van der Waals surface area contributed by atoms with Gasteiger partial charge in [0.2, 0.25) is 5.91 Å². The molecule has 3 fully saturated rings. The van der Waals surface area contributed by atoms with Crippen molar-refractivity contribution >= 4 is 13.8 Å². The monoisotopic (exact) mass is 366 g/mol. The quantitative estimate of drug-likeness (QED) is 0.751. The van der Waals surface area contributed by atoms with Crippen LogP contribution in [-0.2, 0) is 4.79 Å². The molecule has 4 atom stereocenters. The first-order chi connectivity index (χ1) is 12.9. The van der Waals surface area contributed by atoms with E-state index in [0.29, 0.717) is 49.0 Å². The number of nitrogens with zero attached hydrogens (tertiary/aromatic N) is 2. The molecule has 2 aliphatic heterocycles. The lowest BCUT2D eigenvalue weighted by atomic mass is 9.94. The van der Waals surface area contributed by atoms with Crippen molar-refractivity contribution in [2.24, 2.45) is 11.8 Å². The summed E-state index contributed by atoms with van der Waals surface area (Å²) in [5.41, 5.74) is 2.48. The molecule has 144 valence electrons. The van der Waals surface area contributed by atoms with Crippen molar-refractivity contribution in [3.63, 3.8) is 0 Å². The SMILES string of the molecule is [B]C1C(C)C1c1ccc(OC2CN(C(=O)CC3CCCN(C)C3)C2)c(C)c1. The minimum Gasteiger partial charge on any atom is -0.486 e. The third-order valence-electron chi connectivity index (χ3n) is 6.71. The molecule has 2 heterocycles. The number of rotatable bonds is 5. The number of hydrogen-bond donors (Lipinski definition) is 0. The van der Waals surface area contributed by atoms with Gasteiger partial charge in [-0.05, 0) is 68.3 Å². The Morgan fingerprint density at radius 1 is 1.30 bits per heavy atom. The second-order valence-corrected chi connectivity index (χ2v) is 9.00. The minimum atomic E-state index is 0.120. The van der Waals surface area contributed by atoms with Gasteiger partial charge in [-0.3, -0.25) is 4.79 Å². The van der Waals surface area contributed by atoms with Crippen LogP contribution in [0.1, 0.15) is 43.2 Å². The fourth-order valence-electron chi connectivity index (χ4n) is 4.74. The lowest BCUT2D eigenvalue weighted by molar-refractivity contribution is -0.141. The van der Waals surface area contributed by atoms with E-state index in [1.54, 1.807) is 0 Å². The molecule has 5 heteroatoms. The number of piperidine rings is 1. The molecule has 0 spiro atoms. The van der Waals surface area contributed by atoms with Crippen molar-refractivity contribution < 1.29 is 9.53 Å². The van der Waals surface area contributed by atoms with E-state index in [9.17, 15) is 4.79 Å². The van der Waals surface area contributed by atoms with Gasteiger partial charge in [0.15, 0.2) is 0 Å². The number of amides is 1. The first-order valence-corrected chi connectivity index (χ1v) is 10.4. The topological polar surface area (TPSA) is 32.8 Å². The Labute approximate surface area is 164 Å². The maximum atomic E-state index is 12.5. The standard InChI is InChI=1S/C22H31BN2O2/c1-14-9-17(21-15(2)22(21)23)6-7-19(14)27-18-12-25(13-18)20(26)10-16-5-4-8-24(3)11-16/h6-7,9,15-16,18,21-22H,4-5,8,10-13H2,1-3H3. The minimum absolute atomic E-state index is 0.120. The van der Waals surface area contributed by atoms with Crippen LogP contribution in [-0.4, -0.2) is 62.9 Å². The Hall–Kier alpha value is -1.49. The molecular formula is C22H31BN2O2. The normalized spacial score (nSPS) is 31.4. The molecule has 4 nitrogen and oxygen atoms in total. The number of carbonyl (C=O) groups excluding carboxylic acids is 1. The Morgan fingerprint density at radius 2 is 2.04 bits per heavy atom. The summed E-state index contributed by atoms with van der Waals surface area (Å²) in [7, 11) is 8.24. The van der Waals surface area contributed by atoms with Gasteiger partial charge in [-0.25, -0.2) is 0 Å². The molecule has 1 aromatic carbocycles. The lowest BCUT2D eigenvalue weighted by Crippen LogP contribution is -2.56. The van der Waals surface area contributed by atoms with Crippen molar-refractivity contribution in [2.45, 2.75) is 50.9 Å². The highest BCUT2D eigenvalue weighted by Crippen LogP contribution is 2.57. The lowest BCUT2D eigenvalue weighted by Gasteiger charge is -2.40. The van der Waals surface area contributed by atoms with E-state index in [1.807, 2.05) is 4.90 Å². The van der Waals surface area contributed by atoms with Crippen LogP contribution in [0, 0.1) is 18.8 Å². The molecule has 4 unspecified atom stereocenters. The zero-order valence-electron chi connectivity index (χ0n) is 16.9. The number of carbonyl (C=O) groups is 1. The first kappa shape index (κ1) is 18.9. The first-order valence-electron chi connectivity index (χ1n) is 10.4. The molecule has 2 saturated heterocycles. The highest BCUT2D eigenvalue weighted by atomic mass is 16.5. The van der Waals surface area contributed by atoms with Crippen molar-refractivity contribution in [3.8, 4) is 5.75 Å². The van der Waals surface area contributed by atoms with E-state index in [4.69, 9.17) is 12.6 Å². The van der Waals surface area contributed by atoms with E-state index in [0.717, 1.165) is 24.4 Å². The highest BCUT2D eigenvalue weighted by Gasteiger charge is 2.43. The van der Waals surface area contributed by atoms with Crippen LogP contribution in [0.15, 0.2) is 18.2 Å². The van der Waals surface area contributed by atoms with Crippen LogP contribution in [0.3, 0.4) is 0 Å². The summed E-state index contributed by atoms with van der Waals surface area (Å²) < 4.78 is 6.14. The second kappa shape index (κ2) is 7.50. The predicted octanol–water partition coefficient (Wildman–Crippen LogP) is 3.01. The van der Waals surface area contributed by atoms with Gasteiger partial charge < -0.3 is 14.5 Å². The Morgan fingerprint density at radius 3 is 2.67 bits per heavy atom. The number of hydrogen-bond acceptors (Lipinski definition) is 3. The van der Waals surface area contributed by atoms with Crippen LogP contribution in [0.2, 0.25) is 5.82 Å². The molecule has 1 saturated carbocycles. The number of likely N-dealkylation sites (tertiary alicyclic amines) is 2. The number of ether oxygens (including phenoxy) is 1. The molecule has 1 aromatic rings. The van der Waals surface area contributed by atoms with Crippen molar-refractivity contribution in [1.82, 2.24) is 9.80 Å². The predicted molar refractivity (Wildman–Crippen MR) is 108 cm³/mol. The van der Waals surface area contributed by atoms with Crippen LogP contribution >= 0.6 is 0 Å². The average Bonchev–Trinajstić information content (AvgIpc) is 3.18. The molecule has 3 aliphatic rings. The summed E-state index contributed by atoms with van der Waals surface area (Å²) in [6.45, 7) is 7.95. The molecule has 2 radical (unpaired) electrons. The molecule has 0 N–H and O–H groups in total. The zero-order chi connectivity index (χ0) is 19.1. The zero-order valence-corrected chi connectivity index (χ0v) is 16.9. The van der Waals surface area contributed by atoms with Gasteiger partial charge in [-0.1, -0.05) is 24.9 Å². The number of aryl methyl sites for hydroxylation is 1. The van der Waals surface area contributed by atoms with Crippen LogP contribution in [0.25, 0.3) is 0 Å². The van der Waals surface area contributed by atoms with Crippen molar-refractivity contribution in [1.29, 1.82) is 0 Å². The molecule has 27 heavy (non-hydrogen) atoms. The fourth-order valence-corrected chi connectivity index (χ4v) is 4.74. The number of benzene rings is 1. The van der Waals surface area contributed by atoms with Crippen LogP contribution in [0.4, 0.5) is 0 Å². The summed E-state index contributed by atoms with van der Waals surface area (Å²) in [6.07, 6.45) is 3.19. The van der Waals surface area contributed by atoms with E-state index >= 15 is 0 Å². The van der Waals surface area contributed by atoms with Crippen molar-refractivity contribution in [3.05, 3.63) is 29.3 Å². The maximum Gasteiger partial charge on any atom is 0.223 e. The summed E-state index contributed by atoms with van der Waals surface area (Å²) in [6, 6.07) is 6.44. The third-order valence-corrected chi connectivity index (χ3v) is 6.71. The van der Waals surface area contributed by atoms with Crippen LogP contribution in [0.5, 0.6) is 5.75 Å².